The van der Waals surface area contributed by atoms with Crippen molar-refractivity contribution in [3.63, 3.8) is 0 Å². The molecule has 0 amide bonds. The van der Waals surface area contributed by atoms with E-state index in [1.54, 1.807) is 19.1 Å². The van der Waals surface area contributed by atoms with E-state index in [9.17, 15) is 18.4 Å². The molecule has 0 fully saturated rings. The van der Waals surface area contributed by atoms with E-state index in [2.05, 4.69) is 61.8 Å². The molecule has 14 heteroatoms. The van der Waals surface area contributed by atoms with Crippen molar-refractivity contribution in [2.75, 3.05) is 6.61 Å². The summed E-state index contributed by atoms with van der Waals surface area (Å²) in [6, 6.07) is 35.2. The monoisotopic (exact) mass is 1020 g/mol. The number of carboxylic acids is 1. The Morgan fingerprint density at radius 1 is 0.657 bits per heavy atom. The van der Waals surface area contributed by atoms with Crippen LogP contribution >= 0.6 is 15.9 Å². The normalized spacial score (nSPS) is 14.4. The lowest BCUT2D eigenvalue weighted by atomic mass is 9.80. The molecule has 0 aliphatic carbocycles. The molecule has 2 aliphatic heterocycles. The first kappa shape index (κ1) is 53.1. The number of aliphatic carboxylic acids is 1. The van der Waals surface area contributed by atoms with Crippen LogP contribution in [-0.2, 0) is 53.2 Å². The van der Waals surface area contributed by atoms with Crippen molar-refractivity contribution in [1.29, 1.82) is 0 Å². The predicted octanol–water partition coefficient (Wildman–Crippen LogP) is 11.0. The molecule has 2 atom stereocenters. The lowest BCUT2D eigenvalue weighted by Crippen LogP contribution is -2.29. The molecule has 3 N–H and O–H groups in total. The summed E-state index contributed by atoms with van der Waals surface area (Å²) in [4.78, 5) is 22.8. The maximum atomic E-state index is 13.4. The van der Waals surface area contributed by atoms with Crippen LogP contribution in [0.15, 0.2) is 126 Å². The zero-order valence-corrected chi connectivity index (χ0v) is 42.1. The summed E-state index contributed by atoms with van der Waals surface area (Å²) in [6.45, 7) is 14.9. The quantitative estimate of drug-likeness (QED) is 0.0672. The molecule has 10 nitrogen and oxygen atoms in total. The average molecular weight is 1020 g/mol. The largest absolute Gasteiger partial charge is 0.489 e. The Hall–Kier alpha value is -6.22. The Kier molecular flexibility index (Phi) is 17.9. The minimum Gasteiger partial charge on any atom is -0.489 e. The Morgan fingerprint density at radius 2 is 1.11 bits per heavy atom. The first-order valence-corrected chi connectivity index (χ1v) is 24.0. The van der Waals surface area contributed by atoms with Crippen molar-refractivity contribution >= 4 is 40.4 Å². The number of carbonyl (C=O) groups excluding carboxylic acids is 1. The lowest BCUT2D eigenvalue weighted by molar-refractivity contribution is -0.147. The van der Waals surface area contributed by atoms with Gasteiger partial charge in [0, 0.05) is 28.4 Å². The summed E-state index contributed by atoms with van der Waals surface area (Å²) in [7, 11) is -1.51. The second-order valence-corrected chi connectivity index (χ2v) is 19.8. The molecule has 0 spiro atoms. The minimum absolute atomic E-state index is 0.156. The fourth-order valence-corrected chi connectivity index (χ4v) is 8.67. The standard InChI is InChI=1S/C27H27FO4.C23H27BrO4.C6H6BFO2/c1-17(26(29)30)12-18-4-10-24(11-5-18)31-16-22-14-20(19-6-8-23(28)9-7-19)13-21-15-27(2,3)32-25(21)22;1-5-26-22(25)15(2)10-16-6-8-20(9-7-16)27-14-18-12-19(24)11-17-13-23(3,4)28-21(17)18;8-6-3-1-5(2-4-6)7(9)10/h4-11,13-14,17H,12,15-16H2,1-3H3,(H,29,30);6-9,11-12,15H,5,10,13-14H2,1-4H3;1-4,9-10H. The highest BCUT2D eigenvalue weighted by Crippen LogP contribution is 2.42. The van der Waals surface area contributed by atoms with Gasteiger partial charge in [-0.2, -0.15) is 0 Å². The molecule has 70 heavy (non-hydrogen) atoms. The molecule has 368 valence electrons. The van der Waals surface area contributed by atoms with Gasteiger partial charge in [0.1, 0.15) is 59.0 Å². The zero-order chi connectivity index (χ0) is 50.8. The van der Waals surface area contributed by atoms with E-state index in [1.807, 2.05) is 68.4 Å². The summed E-state index contributed by atoms with van der Waals surface area (Å²) in [5.41, 5.74) is 8.11. The number of halogens is 3. The van der Waals surface area contributed by atoms with Crippen LogP contribution in [0.5, 0.6) is 23.0 Å². The van der Waals surface area contributed by atoms with E-state index in [4.69, 9.17) is 38.8 Å². The number of esters is 1. The van der Waals surface area contributed by atoms with Crippen molar-refractivity contribution < 1.29 is 57.2 Å². The molecule has 6 aromatic carbocycles. The summed E-state index contributed by atoms with van der Waals surface area (Å²) >= 11 is 3.59. The summed E-state index contributed by atoms with van der Waals surface area (Å²) in [5, 5.41) is 26.2. The molecule has 0 radical (unpaired) electrons. The van der Waals surface area contributed by atoms with Crippen LogP contribution in [0.3, 0.4) is 0 Å². The van der Waals surface area contributed by atoms with Gasteiger partial charge in [-0.3, -0.25) is 9.59 Å². The molecule has 2 unspecified atom stereocenters. The highest BCUT2D eigenvalue weighted by Gasteiger charge is 2.34. The van der Waals surface area contributed by atoms with E-state index < -0.39 is 19.0 Å². The number of carboxylic acid groups (broad SMARTS) is 1. The number of fused-ring (bicyclic) bond motifs is 2. The number of hydrogen-bond acceptors (Lipinski definition) is 9. The molecule has 8 rings (SSSR count). The van der Waals surface area contributed by atoms with Gasteiger partial charge in [0.05, 0.1) is 18.4 Å². The molecule has 0 aromatic heterocycles. The number of benzene rings is 6. The SMILES string of the molecule is CC(Cc1ccc(OCc2cc(-c3ccc(F)cc3)cc3c2OC(C)(C)C3)cc1)C(=O)O.CCOC(=O)C(C)Cc1ccc(OCc2cc(Br)cc3c2OC(C)(C)C3)cc1.OB(O)c1ccc(F)cc1. The van der Waals surface area contributed by atoms with Gasteiger partial charge in [0.15, 0.2) is 0 Å². The third-order valence-electron chi connectivity index (χ3n) is 11.6. The second kappa shape index (κ2) is 23.6. The van der Waals surface area contributed by atoms with Crippen LogP contribution in [-0.4, -0.2) is 52.0 Å². The molecular formula is C56H60BBrF2O10. The van der Waals surface area contributed by atoms with Crippen molar-refractivity contribution in [3.8, 4) is 34.1 Å². The van der Waals surface area contributed by atoms with Gasteiger partial charge in [0.25, 0.3) is 0 Å². The van der Waals surface area contributed by atoms with Crippen molar-refractivity contribution in [2.45, 2.75) is 98.6 Å². The molecule has 0 saturated carbocycles. The Balaban J connectivity index is 0.000000193. The van der Waals surface area contributed by atoms with Gasteiger partial charge in [-0.15, -0.1) is 0 Å². The van der Waals surface area contributed by atoms with Gasteiger partial charge >= 0.3 is 19.1 Å². The van der Waals surface area contributed by atoms with Crippen molar-refractivity contribution in [1.82, 2.24) is 0 Å². The highest BCUT2D eigenvalue weighted by atomic mass is 79.9. The number of carbonyl (C=O) groups is 2. The van der Waals surface area contributed by atoms with Crippen LogP contribution in [0.4, 0.5) is 8.78 Å². The van der Waals surface area contributed by atoms with Crippen molar-refractivity contribution in [2.24, 2.45) is 11.8 Å². The van der Waals surface area contributed by atoms with Gasteiger partial charge in [-0.05, 0) is 159 Å². The minimum atomic E-state index is -1.51. The highest BCUT2D eigenvalue weighted by molar-refractivity contribution is 9.10. The molecular weight excluding hydrogens is 961 g/mol. The second-order valence-electron chi connectivity index (χ2n) is 18.9. The van der Waals surface area contributed by atoms with E-state index in [-0.39, 0.29) is 34.7 Å². The first-order chi connectivity index (χ1) is 33.2. The lowest BCUT2D eigenvalue weighted by Gasteiger charge is -2.18. The Labute approximate surface area is 417 Å². The maximum Gasteiger partial charge on any atom is 0.488 e. The molecule has 2 heterocycles. The van der Waals surface area contributed by atoms with Gasteiger partial charge < -0.3 is 38.8 Å². The van der Waals surface area contributed by atoms with Crippen LogP contribution in [0.25, 0.3) is 11.1 Å². The van der Waals surface area contributed by atoms with E-state index in [0.717, 1.165) is 73.5 Å². The van der Waals surface area contributed by atoms with Gasteiger partial charge in [-0.25, -0.2) is 8.78 Å². The number of hydrogen-bond donors (Lipinski definition) is 3. The summed E-state index contributed by atoms with van der Waals surface area (Å²) < 4.78 is 56.1. The third-order valence-corrected chi connectivity index (χ3v) is 12.1. The summed E-state index contributed by atoms with van der Waals surface area (Å²) in [6.07, 6.45) is 2.82. The Morgan fingerprint density at radius 3 is 1.59 bits per heavy atom. The van der Waals surface area contributed by atoms with E-state index >= 15 is 0 Å². The Bertz CT molecular complexity index is 2710. The summed E-state index contributed by atoms with van der Waals surface area (Å²) in [5.74, 6) is 1.09. The van der Waals surface area contributed by atoms with Gasteiger partial charge in [-0.1, -0.05) is 78.3 Å². The zero-order valence-electron chi connectivity index (χ0n) is 40.6. The van der Waals surface area contributed by atoms with Gasteiger partial charge in [0.2, 0.25) is 0 Å². The fraction of sp³-hybridized carbons (Fsp3) is 0.321. The van der Waals surface area contributed by atoms with Crippen LogP contribution in [0.1, 0.15) is 81.8 Å². The fourth-order valence-electron chi connectivity index (χ4n) is 8.12. The van der Waals surface area contributed by atoms with E-state index in [0.29, 0.717) is 43.9 Å². The molecule has 2 aliphatic rings. The average Bonchev–Trinajstić information content (AvgIpc) is 3.81. The van der Waals surface area contributed by atoms with E-state index in [1.165, 1.54) is 42.0 Å². The number of rotatable bonds is 15. The smallest absolute Gasteiger partial charge is 0.488 e. The van der Waals surface area contributed by atoms with Crippen LogP contribution < -0.4 is 24.4 Å². The maximum absolute atomic E-state index is 13.4. The molecule has 0 bridgehead atoms. The van der Waals surface area contributed by atoms with Crippen LogP contribution in [0, 0.1) is 23.5 Å². The molecule has 6 aromatic rings. The molecule has 0 saturated heterocycles. The number of ether oxygens (including phenoxy) is 5. The topological polar surface area (TPSA) is 141 Å². The third kappa shape index (κ3) is 15.1. The van der Waals surface area contributed by atoms with Crippen LogP contribution in [0.2, 0.25) is 0 Å². The predicted molar refractivity (Wildman–Crippen MR) is 271 cm³/mol. The van der Waals surface area contributed by atoms with Crippen molar-refractivity contribution in [3.05, 3.63) is 171 Å². The first-order valence-electron chi connectivity index (χ1n) is 23.2.